The summed E-state index contributed by atoms with van der Waals surface area (Å²) in [5.41, 5.74) is 3.77. The van der Waals surface area contributed by atoms with Gasteiger partial charge in [0.2, 0.25) is 0 Å². The fraction of sp³-hybridized carbons (Fsp3) is 0.308. The molecule has 2 aromatic rings. The van der Waals surface area contributed by atoms with E-state index >= 15 is 0 Å². The van der Waals surface area contributed by atoms with Crippen molar-refractivity contribution in [3.63, 3.8) is 0 Å². The van der Waals surface area contributed by atoms with Crippen LogP contribution < -0.4 is 5.32 Å². The van der Waals surface area contributed by atoms with Crippen LogP contribution in [0.1, 0.15) is 33.3 Å². The number of nitrogens with one attached hydrogen (secondary N) is 1. The van der Waals surface area contributed by atoms with Crippen molar-refractivity contribution < 1.29 is 0 Å². The molecule has 3 heteroatoms. The largest absolute Gasteiger partial charge is 0.369 e. The summed E-state index contributed by atoms with van der Waals surface area (Å²) in [5, 5.41) is 7.68. The molecule has 0 aliphatic carbocycles. The molecule has 0 radical (unpaired) electrons. The second-order valence-electron chi connectivity index (χ2n) is 7.83. The first-order chi connectivity index (χ1) is 13.9. The summed E-state index contributed by atoms with van der Waals surface area (Å²) in [4.78, 5) is 2.19. The van der Waals surface area contributed by atoms with Crippen LogP contribution in [0, 0.1) is 17.3 Å². The molecule has 1 heterocycles. The lowest BCUT2D eigenvalue weighted by atomic mass is 9.98. The van der Waals surface area contributed by atoms with Gasteiger partial charge in [0.1, 0.15) is 0 Å². The standard InChI is InChI=1S/C26H32N2S/c1-6-28(18-9-7-8-16-26(3,4)5)22(2)27-17-11-13-23-12-10-14-24(20-23)25-15-19-29-21-25/h7,9-15,19-21,27H,2,6,17-18H2,1,3-5H3. The molecule has 0 aliphatic heterocycles. The second-order valence-corrected chi connectivity index (χ2v) is 8.61. The lowest BCUT2D eigenvalue weighted by Crippen LogP contribution is -2.31. The van der Waals surface area contributed by atoms with Gasteiger partial charge < -0.3 is 10.2 Å². The highest BCUT2D eigenvalue weighted by molar-refractivity contribution is 7.08. The Morgan fingerprint density at radius 1 is 1.21 bits per heavy atom. The molecular weight excluding hydrogens is 372 g/mol. The highest BCUT2D eigenvalue weighted by Gasteiger charge is 2.03. The van der Waals surface area contributed by atoms with Crippen LogP contribution in [-0.2, 0) is 0 Å². The lowest BCUT2D eigenvalue weighted by Gasteiger charge is -2.24. The summed E-state index contributed by atoms with van der Waals surface area (Å²) in [5.74, 6) is 7.25. The molecule has 152 valence electrons. The first-order valence-corrected chi connectivity index (χ1v) is 11.0. The fourth-order valence-corrected chi connectivity index (χ4v) is 3.33. The van der Waals surface area contributed by atoms with Crippen LogP contribution in [0.15, 0.2) is 71.7 Å². The van der Waals surface area contributed by atoms with Crippen molar-refractivity contribution in [3.05, 3.63) is 77.3 Å². The van der Waals surface area contributed by atoms with Crippen molar-refractivity contribution in [1.82, 2.24) is 10.2 Å². The van der Waals surface area contributed by atoms with Crippen LogP contribution in [-0.4, -0.2) is 24.5 Å². The topological polar surface area (TPSA) is 15.3 Å². The van der Waals surface area contributed by atoms with Crippen molar-refractivity contribution in [3.8, 4) is 23.0 Å². The number of allylic oxidation sites excluding steroid dienone is 1. The zero-order valence-corrected chi connectivity index (χ0v) is 18.9. The maximum absolute atomic E-state index is 4.17. The normalized spacial score (nSPS) is 11.4. The maximum atomic E-state index is 4.17. The number of hydrogen-bond acceptors (Lipinski definition) is 3. The van der Waals surface area contributed by atoms with Crippen molar-refractivity contribution >= 4 is 17.4 Å². The van der Waals surface area contributed by atoms with Crippen molar-refractivity contribution in [2.24, 2.45) is 5.41 Å². The van der Waals surface area contributed by atoms with Crippen molar-refractivity contribution in [2.75, 3.05) is 19.6 Å². The molecule has 0 aliphatic rings. The molecule has 0 fully saturated rings. The number of nitrogens with zero attached hydrogens (tertiary/aromatic N) is 1. The van der Waals surface area contributed by atoms with Gasteiger partial charge in [0.15, 0.2) is 0 Å². The highest BCUT2D eigenvalue weighted by Crippen LogP contribution is 2.23. The van der Waals surface area contributed by atoms with Gasteiger partial charge in [0.05, 0.1) is 5.82 Å². The average Bonchev–Trinajstić information content (AvgIpc) is 3.22. The highest BCUT2D eigenvalue weighted by atomic mass is 32.1. The summed E-state index contributed by atoms with van der Waals surface area (Å²) < 4.78 is 0. The number of thiophene rings is 1. The molecule has 1 aromatic heterocycles. The van der Waals surface area contributed by atoms with Crippen LogP contribution in [0.2, 0.25) is 0 Å². The number of hydrogen-bond donors (Lipinski definition) is 1. The van der Waals surface area contributed by atoms with Crippen LogP contribution in [0.5, 0.6) is 0 Å². The molecule has 2 rings (SSSR count). The van der Waals surface area contributed by atoms with E-state index in [0.717, 1.165) is 25.5 Å². The van der Waals surface area contributed by atoms with Gasteiger partial charge in [-0.2, -0.15) is 11.3 Å². The van der Waals surface area contributed by atoms with Crippen LogP contribution in [0.3, 0.4) is 0 Å². The summed E-state index contributed by atoms with van der Waals surface area (Å²) in [7, 11) is 0. The van der Waals surface area contributed by atoms with Gasteiger partial charge in [-0.25, -0.2) is 0 Å². The van der Waals surface area contributed by atoms with E-state index in [1.165, 1.54) is 16.7 Å². The van der Waals surface area contributed by atoms with E-state index in [1.807, 2.05) is 6.08 Å². The SMILES string of the molecule is C=C(NCC=Cc1cccc(-c2ccsc2)c1)N(CC)CC=CC#CC(C)(C)C. The zero-order valence-electron chi connectivity index (χ0n) is 18.0. The van der Waals surface area contributed by atoms with Gasteiger partial charge in [0, 0.05) is 25.0 Å². The number of rotatable bonds is 9. The summed E-state index contributed by atoms with van der Waals surface area (Å²) in [6.07, 6.45) is 8.30. The molecule has 0 saturated carbocycles. The zero-order chi connectivity index (χ0) is 21.1. The second kappa shape index (κ2) is 11.3. The molecule has 1 N–H and O–H groups in total. The van der Waals surface area contributed by atoms with E-state index in [1.54, 1.807) is 11.3 Å². The Kier molecular flexibility index (Phi) is 8.83. The first-order valence-electron chi connectivity index (χ1n) is 10.0. The Labute approximate surface area is 180 Å². The summed E-state index contributed by atoms with van der Waals surface area (Å²) in [6.45, 7) is 15.1. The van der Waals surface area contributed by atoms with E-state index in [-0.39, 0.29) is 5.41 Å². The van der Waals surface area contributed by atoms with Crippen LogP contribution in [0.4, 0.5) is 0 Å². The fourth-order valence-electron chi connectivity index (χ4n) is 2.66. The predicted octanol–water partition coefficient (Wildman–Crippen LogP) is 6.42. The average molecular weight is 405 g/mol. The van der Waals surface area contributed by atoms with E-state index in [2.05, 4.69) is 116 Å². The lowest BCUT2D eigenvalue weighted by molar-refractivity contribution is 0.375. The van der Waals surface area contributed by atoms with E-state index in [9.17, 15) is 0 Å². The van der Waals surface area contributed by atoms with E-state index in [4.69, 9.17) is 0 Å². The van der Waals surface area contributed by atoms with Gasteiger partial charge in [-0.05, 0) is 73.4 Å². The minimum absolute atomic E-state index is 0.0372. The molecule has 0 spiro atoms. The molecule has 0 bridgehead atoms. The first kappa shape index (κ1) is 22.6. The van der Waals surface area contributed by atoms with Gasteiger partial charge in [-0.1, -0.05) is 54.8 Å². The molecule has 0 unspecified atom stereocenters. The number of likely N-dealkylation sites (N-methyl/N-ethyl adjacent to an activating group) is 1. The third-order valence-corrected chi connectivity index (χ3v) is 4.90. The molecule has 0 atom stereocenters. The van der Waals surface area contributed by atoms with Gasteiger partial charge in [-0.3, -0.25) is 0 Å². The van der Waals surface area contributed by atoms with Gasteiger partial charge in [-0.15, -0.1) is 0 Å². The number of benzene rings is 1. The Hall–Kier alpha value is -2.70. The quantitative estimate of drug-likeness (QED) is 0.485. The maximum Gasteiger partial charge on any atom is 0.0943 e. The molecule has 0 saturated heterocycles. The predicted molar refractivity (Wildman–Crippen MR) is 130 cm³/mol. The Morgan fingerprint density at radius 2 is 2.03 bits per heavy atom. The summed E-state index contributed by atoms with van der Waals surface area (Å²) >= 11 is 1.72. The summed E-state index contributed by atoms with van der Waals surface area (Å²) in [6, 6.07) is 10.8. The molecule has 29 heavy (non-hydrogen) atoms. The van der Waals surface area contributed by atoms with Gasteiger partial charge >= 0.3 is 0 Å². The van der Waals surface area contributed by atoms with Crippen LogP contribution in [0.25, 0.3) is 17.2 Å². The van der Waals surface area contributed by atoms with E-state index < -0.39 is 0 Å². The minimum Gasteiger partial charge on any atom is -0.369 e. The van der Waals surface area contributed by atoms with Gasteiger partial charge in [0.25, 0.3) is 0 Å². The van der Waals surface area contributed by atoms with Crippen LogP contribution >= 0.6 is 11.3 Å². The molecule has 2 nitrogen and oxygen atoms in total. The van der Waals surface area contributed by atoms with Crippen molar-refractivity contribution in [1.29, 1.82) is 0 Å². The van der Waals surface area contributed by atoms with Crippen molar-refractivity contribution in [2.45, 2.75) is 27.7 Å². The Bertz CT molecular complexity index is 887. The monoisotopic (exact) mass is 404 g/mol. The minimum atomic E-state index is 0.0372. The third-order valence-electron chi connectivity index (χ3n) is 4.21. The Balaban J connectivity index is 1.82. The molecule has 0 amide bonds. The van der Waals surface area contributed by atoms with E-state index in [0.29, 0.717) is 0 Å². The Morgan fingerprint density at radius 3 is 2.72 bits per heavy atom. The molecule has 1 aromatic carbocycles. The third kappa shape index (κ3) is 8.46. The molecular formula is C26H32N2S. The smallest absolute Gasteiger partial charge is 0.0943 e.